The molecular formula is C18H21N3O5S. The fourth-order valence-corrected chi connectivity index (χ4v) is 3.84. The van der Waals surface area contributed by atoms with Crippen LogP contribution in [0.15, 0.2) is 24.3 Å². The van der Waals surface area contributed by atoms with E-state index < -0.39 is 5.92 Å². The summed E-state index contributed by atoms with van der Waals surface area (Å²) < 4.78 is 5.12. The number of rotatable bonds is 7. The number of amides is 4. The fraction of sp³-hybridized carbons (Fsp3) is 0.444. The van der Waals surface area contributed by atoms with Gasteiger partial charge in [-0.15, -0.1) is 0 Å². The van der Waals surface area contributed by atoms with E-state index in [0.717, 1.165) is 28.0 Å². The van der Waals surface area contributed by atoms with Gasteiger partial charge in [-0.3, -0.25) is 24.1 Å². The van der Waals surface area contributed by atoms with Gasteiger partial charge in [0.1, 0.15) is 5.75 Å². The molecule has 1 N–H and O–H groups in total. The molecule has 0 spiro atoms. The number of thioether (sulfide) groups is 1. The highest BCUT2D eigenvalue weighted by Gasteiger charge is 2.34. The molecule has 0 aliphatic carbocycles. The van der Waals surface area contributed by atoms with E-state index in [9.17, 15) is 19.2 Å². The molecule has 2 aliphatic rings. The van der Waals surface area contributed by atoms with Crippen LogP contribution in [0.2, 0.25) is 0 Å². The van der Waals surface area contributed by atoms with Crippen LogP contribution in [-0.2, 0) is 20.9 Å². The van der Waals surface area contributed by atoms with Crippen LogP contribution in [0.5, 0.6) is 5.75 Å². The monoisotopic (exact) mass is 391 g/mol. The van der Waals surface area contributed by atoms with Crippen LogP contribution >= 0.6 is 11.8 Å². The van der Waals surface area contributed by atoms with Crippen molar-refractivity contribution in [1.82, 2.24) is 15.1 Å². The molecule has 27 heavy (non-hydrogen) atoms. The molecule has 1 aromatic rings. The Hall–Kier alpha value is -2.55. The highest BCUT2D eigenvalue weighted by Crippen LogP contribution is 2.22. The Balaban J connectivity index is 1.46. The molecule has 8 nitrogen and oxygen atoms in total. The van der Waals surface area contributed by atoms with Gasteiger partial charge in [-0.05, 0) is 17.7 Å². The average molecular weight is 391 g/mol. The first kappa shape index (κ1) is 19.2. The molecule has 2 saturated heterocycles. The Kier molecular flexibility index (Phi) is 6.00. The maximum atomic E-state index is 12.3. The maximum Gasteiger partial charge on any atom is 0.288 e. The molecule has 144 valence electrons. The zero-order valence-corrected chi connectivity index (χ0v) is 15.8. The van der Waals surface area contributed by atoms with Crippen LogP contribution in [-0.4, -0.2) is 65.3 Å². The largest absolute Gasteiger partial charge is 0.497 e. The number of methoxy groups -OCH3 is 1. The van der Waals surface area contributed by atoms with Gasteiger partial charge in [-0.25, -0.2) is 0 Å². The summed E-state index contributed by atoms with van der Waals surface area (Å²) in [6.45, 7) is 1.15. The van der Waals surface area contributed by atoms with Crippen molar-refractivity contribution < 1.29 is 23.9 Å². The summed E-state index contributed by atoms with van der Waals surface area (Å²) in [6.07, 6.45) is 0.166. The standard InChI is InChI=1S/C18H21N3O5S/c1-26-14-4-2-12(3-5-14)9-20-10-13(8-15(20)22)17(24)19-6-7-21-16(23)11-27-18(21)25/h2-5,13H,6-11H2,1H3,(H,19,24). The minimum Gasteiger partial charge on any atom is -0.497 e. The lowest BCUT2D eigenvalue weighted by atomic mass is 10.1. The molecule has 2 aliphatic heterocycles. The van der Waals surface area contributed by atoms with E-state index >= 15 is 0 Å². The summed E-state index contributed by atoms with van der Waals surface area (Å²) in [5, 5.41) is 2.44. The molecule has 0 aromatic heterocycles. The quantitative estimate of drug-likeness (QED) is 0.741. The number of benzene rings is 1. The second-order valence-corrected chi connectivity index (χ2v) is 7.34. The number of nitrogens with one attached hydrogen (secondary N) is 1. The van der Waals surface area contributed by atoms with Crippen LogP contribution in [0, 0.1) is 5.92 Å². The summed E-state index contributed by atoms with van der Waals surface area (Å²) >= 11 is 0.967. The third kappa shape index (κ3) is 4.60. The van der Waals surface area contributed by atoms with E-state index in [1.807, 2.05) is 24.3 Å². The van der Waals surface area contributed by atoms with Gasteiger partial charge < -0.3 is 15.0 Å². The molecule has 1 atom stereocenters. The zero-order valence-electron chi connectivity index (χ0n) is 15.0. The van der Waals surface area contributed by atoms with Crippen molar-refractivity contribution in [2.45, 2.75) is 13.0 Å². The van der Waals surface area contributed by atoms with Gasteiger partial charge in [0.25, 0.3) is 5.24 Å². The van der Waals surface area contributed by atoms with Crippen LogP contribution in [0.3, 0.4) is 0 Å². The van der Waals surface area contributed by atoms with Crippen molar-refractivity contribution in [2.24, 2.45) is 5.92 Å². The molecule has 0 radical (unpaired) electrons. The lowest BCUT2D eigenvalue weighted by Crippen LogP contribution is -2.40. The molecule has 3 rings (SSSR count). The number of nitrogens with zero attached hydrogens (tertiary/aromatic N) is 2. The second-order valence-electron chi connectivity index (χ2n) is 6.41. The van der Waals surface area contributed by atoms with Gasteiger partial charge in [0.15, 0.2) is 0 Å². The van der Waals surface area contributed by atoms with Gasteiger partial charge in [0, 0.05) is 32.6 Å². The number of carbonyl (C=O) groups excluding carboxylic acids is 4. The summed E-state index contributed by atoms with van der Waals surface area (Å²) in [4.78, 5) is 50.4. The number of ether oxygens (including phenoxy) is 1. The van der Waals surface area contributed by atoms with Crippen molar-refractivity contribution in [3.8, 4) is 5.75 Å². The predicted molar refractivity (Wildman–Crippen MR) is 99.1 cm³/mol. The van der Waals surface area contributed by atoms with Crippen molar-refractivity contribution in [3.05, 3.63) is 29.8 Å². The van der Waals surface area contributed by atoms with E-state index in [0.29, 0.717) is 13.1 Å². The Morgan fingerprint density at radius 2 is 1.96 bits per heavy atom. The summed E-state index contributed by atoms with van der Waals surface area (Å²) in [6, 6.07) is 7.45. The first-order chi connectivity index (χ1) is 13.0. The Morgan fingerprint density at radius 3 is 2.59 bits per heavy atom. The minimum atomic E-state index is -0.421. The minimum absolute atomic E-state index is 0.0627. The highest BCUT2D eigenvalue weighted by atomic mass is 32.2. The SMILES string of the molecule is COc1ccc(CN2CC(C(=O)NCCN3C(=O)CSC3=O)CC2=O)cc1. The molecule has 0 bridgehead atoms. The fourth-order valence-electron chi connectivity index (χ4n) is 3.08. The van der Waals surface area contributed by atoms with Gasteiger partial charge in [-0.1, -0.05) is 23.9 Å². The number of hydrogen-bond donors (Lipinski definition) is 1. The van der Waals surface area contributed by atoms with Crippen LogP contribution in [0.4, 0.5) is 4.79 Å². The van der Waals surface area contributed by atoms with E-state index in [1.165, 1.54) is 0 Å². The molecular weight excluding hydrogens is 370 g/mol. The Labute approximate surface area is 161 Å². The highest BCUT2D eigenvalue weighted by molar-refractivity contribution is 8.14. The van der Waals surface area contributed by atoms with Crippen molar-refractivity contribution in [1.29, 1.82) is 0 Å². The van der Waals surface area contributed by atoms with Crippen LogP contribution in [0.25, 0.3) is 0 Å². The zero-order chi connectivity index (χ0) is 19.4. The van der Waals surface area contributed by atoms with E-state index in [1.54, 1.807) is 12.0 Å². The van der Waals surface area contributed by atoms with Gasteiger partial charge in [0.05, 0.1) is 18.8 Å². The van der Waals surface area contributed by atoms with Crippen molar-refractivity contribution in [3.63, 3.8) is 0 Å². The average Bonchev–Trinajstić information content (AvgIpc) is 3.19. The molecule has 9 heteroatoms. The number of hydrogen-bond acceptors (Lipinski definition) is 6. The molecule has 2 fully saturated rings. The van der Waals surface area contributed by atoms with Crippen molar-refractivity contribution in [2.75, 3.05) is 32.5 Å². The second kappa shape index (κ2) is 8.43. The third-order valence-corrected chi connectivity index (χ3v) is 5.45. The van der Waals surface area contributed by atoms with Gasteiger partial charge in [-0.2, -0.15) is 0 Å². The predicted octanol–water partition coefficient (Wildman–Crippen LogP) is 0.855. The molecule has 1 aromatic carbocycles. The third-order valence-electron chi connectivity index (χ3n) is 4.59. The first-order valence-corrected chi connectivity index (χ1v) is 9.62. The number of likely N-dealkylation sites (tertiary alicyclic amines) is 1. The molecule has 1 unspecified atom stereocenters. The van der Waals surface area contributed by atoms with Crippen molar-refractivity contribution >= 4 is 34.7 Å². The molecule has 4 amide bonds. The van der Waals surface area contributed by atoms with Gasteiger partial charge >= 0.3 is 0 Å². The van der Waals surface area contributed by atoms with Crippen LogP contribution < -0.4 is 10.1 Å². The van der Waals surface area contributed by atoms with E-state index in [2.05, 4.69) is 5.32 Å². The molecule has 2 heterocycles. The lowest BCUT2D eigenvalue weighted by Gasteiger charge is -2.17. The lowest BCUT2D eigenvalue weighted by molar-refractivity contribution is -0.129. The smallest absolute Gasteiger partial charge is 0.288 e. The summed E-state index contributed by atoms with van der Waals surface area (Å²) in [5.74, 6) is -0.0442. The topological polar surface area (TPSA) is 96.0 Å². The summed E-state index contributed by atoms with van der Waals surface area (Å²) in [5.41, 5.74) is 0.966. The first-order valence-electron chi connectivity index (χ1n) is 8.63. The number of carbonyl (C=O) groups is 4. The summed E-state index contributed by atoms with van der Waals surface area (Å²) in [7, 11) is 1.59. The molecule has 0 saturated carbocycles. The maximum absolute atomic E-state index is 12.3. The van der Waals surface area contributed by atoms with Gasteiger partial charge in [0.2, 0.25) is 17.7 Å². The van der Waals surface area contributed by atoms with Crippen LogP contribution in [0.1, 0.15) is 12.0 Å². The Morgan fingerprint density at radius 1 is 1.22 bits per heavy atom. The Bertz CT molecular complexity index is 736. The normalized spacial score (nSPS) is 19.7. The number of imide groups is 1. The van der Waals surface area contributed by atoms with E-state index in [-0.39, 0.29) is 48.2 Å². The van der Waals surface area contributed by atoms with E-state index in [4.69, 9.17) is 4.74 Å².